The van der Waals surface area contributed by atoms with Crippen LogP contribution in [0.3, 0.4) is 0 Å². The summed E-state index contributed by atoms with van der Waals surface area (Å²) < 4.78 is 13.0. The molecule has 78 valence electrons. The van der Waals surface area contributed by atoms with Crippen molar-refractivity contribution in [3.8, 4) is 17.2 Å². The lowest BCUT2D eigenvalue weighted by molar-refractivity contribution is 0.627. The van der Waals surface area contributed by atoms with Crippen LogP contribution in [0, 0.1) is 24.1 Å². The van der Waals surface area contributed by atoms with Gasteiger partial charge in [-0.25, -0.2) is 4.39 Å². The fourth-order valence-electron chi connectivity index (χ4n) is 1.56. The maximum atomic E-state index is 13.0. The third kappa shape index (κ3) is 1.91. The Morgan fingerprint density at radius 2 is 2.06 bits per heavy atom. The molecule has 0 unspecified atom stereocenters. The first-order valence-electron chi connectivity index (χ1n) is 4.82. The molecule has 1 heterocycles. The normalized spacial score (nSPS) is 9.81. The first-order valence-corrected chi connectivity index (χ1v) is 4.82. The molecule has 0 amide bonds. The SMILES string of the molecule is Cc1cncc(-c2ccc(F)cc2C#N)c1. The predicted molar refractivity (Wildman–Crippen MR) is 59.1 cm³/mol. The van der Waals surface area contributed by atoms with Gasteiger partial charge >= 0.3 is 0 Å². The molecule has 2 nitrogen and oxygen atoms in total. The largest absolute Gasteiger partial charge is 0.264 e. The molecular weight excluding hydrogens is 203 g/mol. The van der Waals surface area contributed by atoms with Gasteiger partial charge in [0.05, 0.1) is 11.6 Å². The van der Waals surface area contributed by atoms with Gasteiger partial charge in [0.15, 0.2) is 0 Å². The Morgan fingerprint density at radius 1 is 1.25 bits per heavy atom. The van der Waals surface area contributed by atoms with E-state index in [0.717, 1.165) is 11.1 Å². The lowest BCUT2D eigenvalue weighted by atomic mass is 10.0. The molecule has 0 saturated carbocycles. The third-order valence-electron chi connectivity index (χ3n) is 2.29. The molecule has 1 aromatic carbocycles. The molecule has 2 rings (SSSR count). The Kier molecular flexibility index (Phi) is 2.65. The third-order valence-corrected chi connectivity index (χ3v) is 2.29. The molecular formula is C13H9FN2. The first kappa shape index (κ1) is 10.3. The minimum absolute atomic E-state index is 0.326. The lowest BCUT2D eigenvalue weighted by Crippen LogP contribution is -1.88. The summed E-state index contributed by atoms with van der Waals surface area (Å²) in [5.41, 5.74) is 2.87. The molecule has 2 aromatic rings. The second-order valence-electron chi connectivity index (χ2n) is 3.55. The molecule has 0 spiro atoms. The van der Waals surface area contributed by atoms with E-state index in [1.165, 1.54) is 12.1 Å². The summed E-state index contributed by atoms with van der Waals surface area (Å²) in [7, 11) is 0. The minimum Gasteiger partial charge on any atom is -0.264 e. The highest BCUT2D eigenvalue weighted by molar-refractivity contribution is 5.70. The van der Waals surface area contributed by atoms with Crippen molar-refractivity contribution < 1.29 is 4.39 Å². The van der Waals surface area contributed by atoms with Gasteiger partial charge in [-0.05, 0) is 30.7 Å². The Labute approximate surface area is 93.0 Å². The molecule has 3 heteroatoms. The quantitative estimate of drug-likeness (QED) is 0.728. The summed E-state index contributed by atoms with van der Waals surface area (Å²) >= 11 is 0. The predicted octanol–water partition coefficient (Wildman–Crippen LogP) is 3.07. The summed E-state index contributed by atoms with van der Waals surface area (Å²) in [6.45, 7) is 1.92. The fourth-order valence-corrected chi connectivity index (χ4v) is 1.56. The standard InChI is InChI=1S/C13H9FN2/c1-9-4-11(8-16-7-9)13-3-2-12(14)5-10(13)6-15/h2-5,7-8H,1H3. The van der Waals surface area contributed by atoms with Crippen molar-refractivity contribution in [1.82, 2.24) is 4.98 Å². The molecule has 0 aliphatic heterocycles. The molecule has 0 N–H and O–H groups in total. The summed E-state index contributed by atoms with van der Waals surface area (Å²) in [5.74, 6) is -0.402. The smallest absolute Gasteiger partial charge is 0.124 e. The number of halogens is 1. The zero-order valence-electron chi connectivity index (χ0n) is 8.74. The van der Waals surface area contributed by atoms with E-state index < -0.39 is 5.82 Å². The van der Waals surface area contributed by atoms with Crippen molar-refractivity contribution in [3.63, 3.8) is 0 Å². The molecule has 0 radical (unpaired) electrons. The van der Waals surface area contributed by atoms with Crippen LogP contribution < -0.4 is 0 Å². The fraction of sp³-hybridized carbons (Fsp3) is 0.0769. The Balaban J connectivity index is 2.61. The Bertz CT molecular complexity index is 570. The van der Waals surface area contributed by atoms with Gasteiger partial charge in [0.2, 0.25) is 0 Å². The van der Waals surface area contributed by atoms with Gasteiger partial charge in [0.1, 0.15) is 5.82 Å². The maximum Gasteiger partial charge on any atom is 0.124 e. The van der Waals surface area contributed by atoms with Gasteiger partial charge in [-0.15, -0.1) is 0 Å². The van der Waals surface area contributed by atoms with Gasteiger partial charge in [-0.1, -0.05) is 6.07 Å². The van der Waals surface area contributed by atoms with E-state index in [9.17, 15) is 4.39 Å². The van der Waals surface area contributed by atoms with E-state index >= 15 is 0 Å². The van der Waals surface area contributed by atoms with E-state index in [0.29, 0.717) is 11.1 Å². The minimum atomic E-state index is -0.402. The van der Waals surface area contributed by atoms with E-state index in [1.807, 2.05) is 19.1 Å². The van der Waals surface area contributed by atoms with Crippen molar-refractivity contribution >= 4 is 0 Å². The number of hydrogen-bond donors (Lipinski definition) is 0. The van der Waals surface area contributed by atoms with Gasteiger partial charge in [0.25, 0.3) is 0 Å². The van der Waals surface area contributed by atoms with E-state index in [1.54, 1.807) is 18.5 Å². The van der Waals surface area contributed by atoms with Crippen LogP contribution in [0.2, 0.25) is 0 Å². The number of aryl methyl sites for hydroxylation is 1. The molecule has 0 fully saturated rings. The number of nitriles is 1. The van der Waals surface area contributed by atoms with Gasteiger partial charge < -0.3 is 0 Å². The average Bonchev–Trinajstić information content (AvgIpc) is 2.28. The molecule has 1 aromatic heterocycles. The lowest BCUT2D eigenvalue weighted by Gasteiger charge is -2.04. The topological polar surface area (TPSA) is 36.7 Å². The van der Waals surface area contributed by atoms with E-state index in [2.05, 4.69) is 4.98 Å². The summed E-state index contributed by atoms with van der Waals surface area (Å²) in [6, 6.07) is 8.09. The maximum absolute atomic E-state index is 13.0. The van der Waals surface area contributed by atoms with Crippen LogP contribution in [0.1, 0.15) is 11.1 Å². The number of pyridine rings is 1. The van der Waals surface area contributed by atoms with Crippen LogP contribution in [0.4, 0.5) is 4.39 Å². The molecule has 0 aliphatic carbocycles. The van der Waals surface area contributed by atoms with Crippen LogP contribution in [-0.4, -0.2) is 4.98 Å². The van der Waals surface area contributed by atoms with Crippen molar-refractivity contribution in [3.05, 3.63) is 53.6 Å². The highest BCUT2D eigenvalue weighted by Crippen LogP contribution is 2.23. The monoisotopic (exact) mass is 212 g/mol. The molecule has 0 saturated heterocycles. The average molecular weight is 212 g/mol. The summed E-state index contributed by atoms with van der Waals surface area (Å²) in [6.07, 6.45) is 3.40. The zero-order chi connectivity index (χ0) is 11.5. The van der Waals surface area contributed by atoms with Gasteiger partial charge in [-0.3, -0.25) is 4.98 Å². The van der Waals surface area contributed by atoms with Crippen molar-refractivity contribution in [2.75, 3.05) is 0 Å². The number of aromatic nitrogens is 1. The number of nitrogens with zero attached hydrogens (tertiary/aromatic N) is 2. The molecule has 16 heavy (non-hydrogen) atoms. The highest BCUT2D eigenvalue weighted by atomic mass is 19.1. The number of rotatable bonds is 1. The van der Waals surface area contributed by atoms with Crippen LogP contribution in [-0.2, 0) is 0 Å². The second-order valence-corrected chi connectivity index (χ2v) is 3.55. The van der Waals surface area contributed by atoms with Crippen LogP contribution in [0.25, 0.3) is 11.1 Å². The summed E-state index contributed by atoms with van der Waals surface area (Å²) in [5, 5.41) is 8.94. The van der Waals surface area contributed by atoms with Gasteiger partial charge in [-0.2, -0.15) is 5.26 Å². The Hall–Kier alpha value is -2.21. The van der Waals surface area contributed by atoms with Crippen molar-refractivity contribution in [1.29, 1.82) is 5.26 Å². The van der Waals surface area contributed by atoms with E-state index in [4.69, 9.17) is 5.26 Å². The van der Waals surface area contributed by atoms with Crippen LogP contribution in [0.5, 0.6) is 0 Å². The highest BCUT2D eigenvalue weighted by Gasteiger charge is 2.06. The van der Waals surface area contributed by atoms with Crippen molar-refractivity contribution in [2.24, 2.45) is 0 Å². The molecule has 0 atom stereocenters. The Morgan fingerprint density at radius 3 is 2.75 bits per heavy atom. The van der Waals surface area contributed by atoms with Gasteiger partial charge in [0, 0.05) is 23.5 Å². The first-order chi connectivity index (χ1) is 7.70. The van der Waals surface area contributed by atoms with E-state index in [-0.39, 0.29) is 0 Å². The zero-order valence-corrected chi connectivity index (χ0v) is 8.74. The number of benzene rings is 1. The van der Waals surface area contributed by atoms with Crippen LogP contribution in [0.15, 0.2) is 36.7 Å². The molecule has 0 aliphatic rings. The van der Waals surface area contributed by atoms with Crippen molar-refractivity contribution in [2.45, 2.75) is 6.92 Å². The summed E-state index contributed by atoms with van der Waals surface area (Å²) in [4.78, 5) is 4.06. The molecule has 0 bridgehead atoms. The second kappa shape index (κ2) is 4.11. The number of hydrogen-bond acceptors (Lipinski definition) is 2. The van der Waals surface area contributed by atoms with Crippen LogP contribution >= 0.6 is 0 Å².